The molecule has 0 spiro atoms. The van der Waals surface area contributed by atoms with Gasteiger partial charge in [0.1, 0.15) is 11.5 Å². The maximum Gasteiger partial charge on any atom is 0.416 e. The SMILES string of the molecule is C[Si](C)(C)c1ccc2c(c1)cc(C(=O)Nc1ccc(N3CCC3)nc1)n2Cc1ccccc1C(F)(F)F. The molecule has 2 aromatic heterocycles. The zero-order valence-electron chi connectivity index (χ0n) is 21.1. The number of halogens is 3. The normalized spacial score (nSPS) is 14.1. The second-order valence-electron chi connectivity index (χ2n) is 10.5. The van der Waals surface area contributed by atoms with Crippen LogP contribution in [0.25, 0.3) is 10.9 Å². The van der Waals surface area contributed by atoms with E-state index < -0.39 is 25.7 Å². The van der Waals surface area contributed by atoms with Crippen LogP contribution in [0, 0.1) is 0 Å². The molecule has 5 rings (SSSR count). The van der Waals surface area contributed by atoms with E-state index in [4.69, 9.17) is 0 Å². The number of amides is 1. The molecule has 0 aliphatic carbocycles. The van der Waals surface area contributed by atoms with Crippen molar-refractivity contribution in [2.24, 2.45) is 0 Å². The smallest absolute Gasteiger partial charge is 0.356 e. The first-order chi connectivity index (χ1) is 17.5. The van der Waals surface area contributed by atoms with Crippen LogP contribution >= 0.6 is 0 Å². The number of nitrogens with zero attached hydrogens (tertiary/aromatic N) is 3. The number of carbonyl (C=O) groups is 1. The molecule has 1 N–H and O–H groups in total. The Labute approximate surface area is 214 Å². The lowest BCUT2D eigenvalue weighted by atomic mass is 10.1. The van der Waals surface area contributed by atoms with Gasteiger partial charge in [0.2, 0.25) is 0 Å². The van der Waals surface area contributed by atoms with Gasteiger partial charge in [0.15, 0.2) is 0 Å². The molecule has 1 fully saturated rings. The van der Waals surface area contributed by atoms with Crippen LogP contribution < -0.4 is 15.4 Å². The van der Waals surface area contributed by atoms with Gasteiger partial charge in [-0.05, 0) is 42.3 Å². The topological polar surface area (TPSA) is 50.2 Å². The first-order valence-corrected chi connectivity index (χ1v) is 15.8. The van der Waals surface area contributed by atoms with E-state index in [1.54, 1.807) is 29.0 Å². The predicted molar refractivity (Wildman–Crippen MR) is 144 cm³/mol. The van der Waals surface area contributed by atoms with E-state index in [9.17, 15) is 18.0 Å². The van der Waals surface area contributed by atoms with Crippen LogP contribution in [0.5, 0.6) is 0 Å². The van der Waals surface area contributed by atoms with Gasteiger partial charge in [-0.15, -0.1) is 0 Å². The minimum atomic E-state index is -4.49. The van der Waals surface area contributed by atoms with Crippen LogP contribution in [0.1, 0.15) is 28.0 Å². The molecule has 0 saturated carbocycles. The standard InChI is InChI=1S/C28H29F3N4OSi/c1-37(2,3)22-10-11-24-20(15-22)16-25(35(24)18-19-7-4-5-8-23(19)28(29,30)31)27(36)33-21-9-12-26(32-17-21)34-13-6-14-34/h4-5,7-12,15-17H,6,13-14,18H2,1-3H3,(H,33,36). The van der Waals surface area contributed by atoms with Crippen LogP contribution in [0.4, 0.5) is 24.7 Å². The molecule has 9 heteroatoms. The summed E-state index contributed by atoms with van der Waals surface area (Å²) in [4.78, 5) is 20.1. The Morgan fingerprint density at radius 1 is 1.03 bits per heavy atom. The molecular weight excluding hydrogens is 493 g/mol. The summed E-state index contributed by atoms with van der Waals surface area (Å²) in [6.07, 6.45) is -1.74. The molecular formula is C28H29F3N4OSi. The Bertz CT molecular complexity index is 1450. The van der Waals surface area contributed by atoms with Crippen LogP contribution in [-0.2, 0) is 12.7 Å². The summed E-state index contributed by atoms with van der Waals surface area (Å²) < 4.78 is 42.9. The minimum Gasteiger partial charge on any atom is -0.356 e. The molecule has 192 valence electrons. The largest absolute Gasteiger partial charge is 0.416 e. The van der Waals surface area contributed by atoms with E-state index in [2.05, 4.69) is 40.9 Å². The monoisotopic (exact) mass is 522 g/mol. The zero-order valence-corrected chi connectivity index (χ0v) is 22.1. The molecule has 1 aliphatic heterocycles. The van der Waals surface area contributed by atoms with E-state index in [0.29, 0.717) is 11.4 Å². The molecule has 1 saturated heterocycles. The number of hydrogen-bond donors (Lipinski definition) is 1. The van der Waals surface area contributed by atoms with Crippen LogP contribution in [0.15, 0.2) is 66.9 Å². The lowest BCUT2D eigenvalue weighted by molar-refractivity contribution is -0.138. The second-order valence-corrected chi connectivity index (χ2v) is 15.6. The summed E-state index contributed by atoms with van der Waals surface area (Å²) in [5.74, 6) is 0.467. The van der Waals surface area contributed by atoms with E-state index in [-0.39, 0.29) is 12.1 Å². The highest BCUT2D eigenvalue weighted by Crippen LogP contribution is 2.33. The van der Waals surface area contributed by atoms with Gasteiger partial charge in [-0.1, -0.05) is 55.2 Å². The summed E-state index contributed by atoms with van der Waals surface area (Å²) in [6.45, 7) is 8.55. The number of aromatic nitrogens is 2. The maximum atomic E-state index is 13.7. The molecule has 2 aromatic carbocycles. The summed E-state index contributed by atoms with van der Waals surface area (Å²) in [6, 6.07) is 17.0. The lowest BCUT2D eigenvalue weighted by Gasteiger charge is -2.31. The number of pyridine rings is 1. The van der Waals surface area contributed by atoms with E-state index in [1.807, 2.05) is 18.2 Å². The molecule has 1 aliphatic rings. The molecule has 0 radical (unpaired) electrons. The predicted octanol–water partition coefficient (Wildman–Crippen LogP) is 6.11. The highest BCUT2D eigenvalue weighted by atomic mass is 28.3. The molecule has 4 aromatic rings. The number of hydrogen-bond acceptors (Lipinski definition) is 3. The summed E-state index contributed by atoms with van der Waals surface area (Å²) in [7, 11) is -1.64. The summed E-state index contributed by atoms with van der Waals surface area (Å²) in [5.41, 5.74) is 0.954. The summed E-state index contributed by atoms with van der Waals surface area (Å²) >= 11 is 0. The van der Waals surface area contributed by atoms with Gasteiger partial charge in [0.05, 0.1) is 25.5 Å². The number of fused-ring (bicyclic) bond motifs is 1. The zero-order chi connectivity index (χ0) is 26.4. The van der Waals surface area contributed by atoms with Crippen LogP contribution in [0.3, 0.4) is 0 Å². The highest BCUT2D eigenvalue weighted by Gasteiger charge is 2.33. The average molecular weight is 523 g/mol. The molecule has 3 heterocycles. The fourth-order valence-corrected chi connectivity index (χ4v) is 5.76. The quantitative estimate of drug-likeness (QED) is 0.311. The van der Waals surface area contributed by atoms with Crippen molar-refractivity contribution < 1.29 is 18.0 Å². The van der Waals surface area contributed by atoms with Crippen molar-refractivity contribution in [3.8, 4) is 0 Å². The van der Waals surface area contributed by atoms with Crippen molar-refractivity contribution in [1.29, 1.82) is 0 Å². The third kappa shape index (κ3) is 5.13. The van der Waals surface area contributed by atoms with Crippen molar-refractivity contribution in [1.82, 2.24) is 9.55 Å². The van der Waals surface area contributed by atoms with Crippen molar-refractivity contribution in [3.63, 3.8) is 0 Å². The molecule has 1 amide bonds. The Kier molecular flexibility index (Phi) is 6.35. The second kappa shape index (κ2) is 9.37. The van der Waals surface area contributed by atoms with E-state index >= 15 is 0 Å². The van der Waals surface area contributed by atoms with Gasteiger partial charge >= 0.3 is 6.18 Å². The lowest BCUT2D eigenvalue weighted by Crippen LogP contribution is -2.37. The van der Waals surface area contributed by atoms with E-state index in [1.165, 1.54) is 17.3 Å². The fourth-order valence-electron chi connectivity index (χ4n) is 4.59. The van der Waals surface area contributed by atoms with Gasteiger partial charge < -0.3 is 14.8 Å². The molecule has 0 atom stereocenters. The van der Waals surface area contributed by atoms with Gasteiger partial charge in [-0.2, -0.15) is 13.2 Å². The highest BCUT2D eigenvalue weighted by molar-refractivity contribution is 6.88. The number of carbonyl (C=O) groups excluding carboxylic acids is 1. The van der Waals surface area contributed by atoms with Crippen molar-refractivity contribution in [2.45, 2.75) is 38.8 Å². The summed E-state index contributed by atoms with van der Waals surface area (Å²) in [5, 5.41) is 4.93. The number of nitrogens with one attached hydrogen (secondary N) is 1. The molecule has 5 nitrogen and oxygen atoms in total. The Morgan fingerprint density at radius 2 is 1.78 bits per heavy atom. The third-order valence-electron chi connectivity index (χ3n) is 6.84. The third-order valence-corrected chi connectivity index (χ3v) is 8.88. The van der Waals surface area contributed by atoms with E-state index in [0.717, 1.165) is 42.3 Å². The Morgan fingerprint density at radius 3 is 2.41 bits per heavy atom. The van der Waals surface area contributed by atoms with Gasteiger partial charge in [0, 0.05) is 30.5 Å². The fraction of sp³-hybridized carbons (Fsp3) is 0.286. The van der Waals surface area contributed by atoms with Crippen molar-refractivity contribution >= 4 is 41.6 Å². The number of anilines is 2. The number of benzene rings is 2. The van der Waals surface area contributed by atoms with Crippen LogP contribution in [-0.4, -0.2) is 36.6 Å². The van der Waals surface area contributed by atoms with Gasteiger partial charge in [-0.3, -0.25) is 4.79 Å². The Hall–Kier alpha value is -3.59. The van der Waals surface area contributed by atoms with Crippen molar-refractivity contribution in [2.75, 3.05) is 23.3 Å². The van der Waals surface area contributed by atoms with Crippen molar-refractivity contribution in [3.05, 3.63) is 83.7 Å². The molecule has 0 bridgehead atoms. The minimum absolute atomic E-state index is 0.0830. The number of alkyl halides is 3. The van der Waals surface area contributed by atoms with Crippen LogP contribution in [0.2, 0.25) is 19.6 Å². The first-order valence-electron chi connectivity index (χ1n) is 12.3. The first kappa shape index (κ1) is 25.1. The van der Waals surface area contributed by atoms with Gasteiger partial charge in [-0.25, -0.2) is 4.98 Å². The average Bonchev–Trinajstić information content (AvgIpc) is 3.16. The maximum absolute atomic E-state index is 13.7. The van der Waals surface area contributed by atoms with Gasteiger partial charge in [0.25, 0.3) is 5.91 Å². The molecule has 0 unspecified atom stereocenters. The molecule has 37 heavy (non-hydrogen) atoms. The Balaban J connectivity index is 1.54. The number of rotatable bonds is 6.